The van der Waals surface area contributed by atoms with Crippen molar-refractivity contribution < 1.29 is 132 Å². The van der Waals surface area contributed by atoms with Gasteiger partial charge in [0.15, 0.2) is 0 Å². The van der Waals surface area contributed by atoms with Crippen molar-refractivity contribution in [2.75, 3.05) is 31.3 Å². The van der Waals surface area contributed by atoms with Gasteiger partial charge < -0.3 is 17.9 Å². The minimum Gasteiger partial charge on any atom is -1.00 e. The predicted molar refractivity (Wildman–Crippen MR) is 83.2 cm³/mol. The summed E-state index contributed by atoms with van der Waals surface area (Å²) < 4.78 is 74.8. The molecule has 16 heteroatoms. The molecule has 0 unspecified atom stereocenters. The fourth-order valence-electron chi connectivity index (χ4n) is 1.11. The van der Waals surface area contributed by atoms with Crippen LogP contribution < -0.4 is 88.7 Å². The molecular weight excluding hydrogens is 436 g/mol. The predicted octanol–water partition coefficient (Wildman–Crippen LogP) is -7.81. The van der Waals surface area contributed by atoms with Crippen molar-refractivity contribution in [3.05, 3.63) is 0 Å². The number of hydrogen-bond donors (Lipinski definition) is 2. The summed E-state index contributed by atoms with van der Waals surface area (Å²) in [4.78, 5) is 0. The van der Waals surface area contributed by atoms with Gasteiger partial charge in [-0.3, -0.25) is 9.11 Å². The van der Waals surface area contributed by atoms with E-state index in [-0.39, 0.29) is 126 Å². The average molecular weight is 458 g/mol. The standard InChI is InChI=1S/C8H19O9PS3.3Na.3H/c1-2-15-18(19,16-5-3-7-20(9,10)11)17-6-4-8-21(12,13)14;;;;;;/h2-8H2,1H3,(H,9,10,11)(H,12,13,14);;;;;;/q;3*+1;3*-1. The van der Waals surface area contributed by atoms with E-state index in [9.17, 15) is 16.8 Å². The quantitative estimate of drug-likeness (QED) is 0.126. The molecule has 0 rings (SSSR count). The number of rotatable bonds is 12. The Hall–Kier alpha value is 3.35. The summed E-state index contributed by atoms with van der Waals surface area (Å²) in [6, 6.07) is 0. The van der Waals surface area contributed by atoms with Crippen molar-refractivity contribution in [1.82, 2.24) is 0 Å². The molecule has 0 radical (unpaired) electrons. The molecule has 0 aromatic heterocycles. The maximum absolute atomic E-state index is 10.5. The molecule has 0 fully saturated rings. The van der Waals surface area contributed by atoms with Gasteiger partial charge in [0.2, 0.25) is 0 Å². The van der Waals surface area contributed by atoms with Gasteiger partial charge in [0.1, 0.15) is 0 Å². The Morgan fingerprint density at radius 2 is 1.21 bits per heavy atom. The van der Waals surface area contributed by atoms with Gasteiger partial charge in [0.05, 0.1) is 31.3 Å². The Morgan fingerprint density at radius 3 is 1.46 bits per heavy atom. The SMILES string of the molecule is CCOP(=S)(OCCCS(=O)(=O)O)OCCCS(=O)(=O)O.[H-].[H-].[H-].[Na+].[Na+].[Na+]. The summed E-state index contributed by atoms with van der Waals surface area (Å²) in [5, 5.41) is 0. The van der Waals surface area contributed by atoms with Gasteiger partial charge in [-0.2, -0.15) is 16.8 Å². The van der Waals surface area contributed by atoms with Gasteiger partial charge in [-0.1, -0.05) is 0 Å². The summed E-state index contributed by atoms with van der Waals surface area (Å²) in [5.74, 6) is -0.950. The number of hydrogen-bond acceptors (Lipinski definition) is 8. The zero-order valence-corrected chi connectivity index (χ0v) is 23.7. The normalized spacial score (nSPS) is 11.8. The molecule has 0 aromatic carbocycles. The minimum atomic E-state index is -4.07. The van der Waals surface area contributed by atoms with Gasteiger partial charge in [0.25, 0.3) is 20.2 Å². The molecule has 0 heterocycles. The van der Waals surface area contributed by atoms with Crippen LogP contribution in [0.25, 0.3) is 0 Å². The van der Waals surface area contributed by atoms with Gasteiger partial charge >= 0.3 is 95.4 Å². The fraction of sp³-hybridized carbons (Fsp3) is 1.00. The van der Waals surface area contributed by atoms with Crippen molar-refractivity contribution >= 4 is 38.8 Å². The summed E-state index contributed by atoms with van der Waals surface area (Å²) in [6.07, 6.45) is 0.0252. The fourth-order valence-corrected chi connectivity index (χ4v) is 4.08. The van der Waals surface area contributed by atoms with Crippen molar-refractivity contribution in [2.24, 2.45) is 0 Å². The molecule has 9 nitrogen and oxygen atoms in total. The second-order valence-electron chi connectivity index (χ2n) is 3.81. The summed E-state index contributed by atoms with van der Waals surface area (Å²) in [5.41, 5.74) is 0. The van der Waals surface area contributed by atoms with E-state index in [0.717, 1.165) is 0 Å². The van der Waals surface area contributed by atoms with E-state index < -0.39 is 38.5 Å². The van der Waals surface area contributed by atoms with E-state index in [1.807, 2.05) is 0 Å². The van der Waals surface area contributed by atoms with E-state index in [0.29, 0.717) is 0 Å². The minimum absolute atomic E-state index is 0. The Kier molecular flexibility index (Phi) is 25.0. The topological polar surface area (TPSA) is 136 Å². The third-order valence-corrected chi connectivity index (χ3v) is 6.01. The first kappa shape index (κ1) is 34.8. The average Bonchev–Trinajstić information content (AvgIpc) is 2.29. The third kappa shape index (κ3) is 23.4. The Bertz CT molecular complexity index is 524. The first-order chi connectivity index (χ1) is 9.47. The molecule has 0 aromatic rings. The second kappa shape index (κ2) is 17.2. The third-order valence-electron chi connectivity index (χ3n) is 1.88. The smallest absolute Gasteiger partial charge is 1.00 e. The first-order valence-corrected chi connectivity index (χ1v) is 11.7. The molecule has 0 aliphatic rings. The molecule has 2 N–H and O–H groups in total. The van der Waals surface area contributed by atoms with Crippen LogP contribution in [-0.2, 0) is 45.6 Å². The van der Waals surface area contributed by atoms with Crippen molar-refractivity contribution in [2.45, 2.75) is 19.8 Å². The van der Waals surface area contributed by atoms with Crippen molar-refractivity contribution in [3.8, 4) is 0 Å². The zero-order chi connectivity index (χ0) is 16.6. The largest absolute Gasteiger partial charge is 1.00 e. The van der Waals surface area contributed by atoms with Gasteiger partial charge in [-0.15, -0.1) is 0 Å². The Balaban J connectivity index is -0.000000133. The summed E-state index contributed by atoms with van der Waals surface area (Å²) >= 11 is 5.04. The molecule has 24 heavy (non-hydrogen) atoms. The van der Waals surface area contributed by atoms with Crippen LogP contribution in [0.4, 0.5) is 0 Å². The monoisotopic (exact) mass is 458 g/mol. The second-order valence-corrected chi connectivity index (χ2v) is 9.97. The van der Waals surface area contributed by atoms with Crippen molar-refractivity contribution in [3.63, 3.8) is 0 Å². The van der Waals surface area contributed by atoms with Gasteiger partial charge in [-0.05, 0) is 31.6 Å². The van der Waals surface area contributed by atoms with Crippen LogP contribution in [0.15, 0.2) is 0 Å². The van der Waals surface area contributed by atoms with Crippen LogP contribution in [0.2, 0.25) is 0 Å². The molecule has 0 amide bonds. The van der Waals surface area contributed by atoms with Crippen LogP contribution in [0.5, 0.6) is 0 Å². The van der Waals surface area contributed by atoms with Crippen molar-refractivity contribution in [1.29, 1.82) is 0 Å². The maximum Gasteiger partial charge on any atom is 1.00 e. The summed E-state index contributed by atoms with van der Waals surface area (Å²) in [7, 11) is -8.14. The van der Waals surface area contributed by atoms with E-state index in [1.165, 1.54) is 0 Å². The van der Waals surface area contributed by atoms with Crippen LogP contribution in [-0.4, -0.2) is 57.3 Å². The molecule has 134 valence electrons. The van der Waals surface area contributed by atoms with Crippen LogP contribution >= 0.6 is 6.72 Å². The Morgan fingerprint density at radius 1 is 0.875 bits per heavy atom. The zero-order valence-electron chi connectivity index (χ0n) is 17.4. The molecule has 0 saturated heterocycles. The van der Waals surface area contributed by atoms with E-state index >= 15 is 0 Å². The molecule has 0 saturated carbocycles. The molecule has 0 spiro atoms. The van der Waals surface area contributed by atoms with E-state index in [1.54, 1.807) is 6.92 Å². The van der Waals surface area contributed by atoms with E-state index in [4.69, 9.17) is 34.5 Å². The molecule has 0 aliphatic heterocycles. The van der Waals surface area contributed by atoms with Crippen LogP contribution in [0, 0.1) is 0 Å². The Labute approximate surface area is 219 Å². The molecule has 0 bridgehead atoms. The van der Waals surface area contributed by atoms with Gasteiger partial charge in [-0.25, -0.2) is 0 Å². The van der Waals surface area contributed by atoms with E-state index in [2.05, 4.69) is 0 Å². The molecular formula is C8H22Na3O9PS3. The summed E-state index contributed by atoms with van der Waals surface area (Å²) in [6.45, 7) is -1.42. The molecule has 0 atom stereocenters. The molecule has 0 aliphatic carbocycles. The maximum atomic E-state index is 10.5. The van der Waals surface area contributed by atoms with Gasteiger partial charge in [0, 0.05) is 0 Å². The first-order valence-electron chi connectivity index (χ1n) is 5.91. The van der Waals surface area contributed by atoms with Crippen LogP contribution in [0.3, 0.4) is 0 Å². The van der Waals surface area contributed by atoms with Crippen LogP contribution in [0.1, 0.15) is 24.0 Å².